The fraction of sp³-hybridized carbons (Fsp3) is 0.120. The Hall–Kier alpha value is -3.46. The summed E-state index contributed by atoms with van der Waals surface area (Å²) in [6, 6.07) is 28.5. The number of aromatic nitrogens is 2. The van der Waals surface area contributed by atoms with Crippen LogP contribution in [-0.2, 0) is 12.8 Å². The summed E-state index contributed by atoms with van der Waals surface area (Å²) < 4.78 is 0. The molecular formula is C25H22N2O. The molecule has 138 valence electrons. The quantitative estimate of drug-likeness (QED) is 0.495. The minimum atomic E-state index is -0.00325. The highest BCUT2D eigenvalue weighted by molar-refractivity contribution is 5.64. The van der Waals surface area contributed by atoms with Crippen LogP contribution in [0.5, 0.6) is 5.88 Å². The van der Waals surface area contributed by atoms with Crippen molar-refractivity contribution in [2.24, 2.45) is 0 Å². The molecule has 0 aliphatic carbocycles. The maximum absolute atomic E-state index is 10.0. The number of benzene rings is 3. The van der Waals surface area contributed by atoms with Gasteiger partial charge in [0.05, 0.1) is 5.69 Å². The van der Waals surface area contributed by atoms with Gasteiger partial charge in [0.2, 0.25) is 5.88 Å². The Bertz CT molecular complexity index is 1060. The van der Waals surface area contributed by atoms with E-state index in [0.29, 0.717) is 12.2 Å². The van der Waals surface area contributed by atoms with Crippen molar-refractivity contribution < 1.29 is 5.11 Å². The van der Waals surface area contributed by atoms with Gasteiger partial charge in [-0.15, -0.1) is 0 Å². The molecule has 1 N–H and O–H groups in total. The lowest BCUT2D eigenvalue weighted by Gasteiger charge is -2.07. The fourth-order valence-electron chi connectivity index (χ4n) is 3.25. The Morgan fingerprint density at radius 1 is 0.679 bits per heavy atom. The van der Waals surface area contributed by atoms with E-state index in [1.807, 2.05) is 30.3 Å². The Balaban J connectivity index is 1.55. The summed E-state index contributed by atoms with van der Waals surface area (Å²) in [7, 11) is 0. The molecule has 0 aliphatic heterocycles. The molecule has 3 aromatic carbocycles. The molecule has 0 atom stereocenters. The molecular weight excluding hydrogens is 344 g/mol. The first-order valence-electron chi connectivity index (χ1n) is 9.52. The van der Waals surface area contributed by atoms with Crippen LogP contribution < -0.4 is 0 Å². The lowest BCUT2D eigenvalue weighted by atomic mass is 10.0. The highest BCUT2D eigenvalue weighted by Crippen LogP contribution is 2.23. The van der Waals surface area contributed by atoms with Crippen LogP contribution in [-0.4, -0.2) is 15.1 Å². The van der Waals surface area contributed by atoms with E-state index in [1.54, 1.807) is 6.07 Å². The summed E-state index contributed by atoms with van der Waals surface area (Å²) in [6.45, 7) is 2.16. The summed E-state index contributed by atoms with van der Waals surface area (Å²) >= 11 is 0. The smallest absolute Gasteiger partial charge is 0.214 e. The van der Waals surface area contributed by atoms with Crippen molar-refractivity contribution in [2.75, 3.05) is 0 Å². The summed E-state index contributed by atoms with van der Waals surface area (Å²) in [5.74, 6) is 0.541. The van der Waals surface area contributed by atoms with Crippen LogP contribution in [0.2, 0.25) is 0 Å². The van der Waals surface area contributed by atoms with Crippen LogP contribution in [0.1, 0.15) is 23.7 Å². The number of aromatic hydroxyl groups is 1. The van der Waals surface area contributed by atoms with E-state index in [2.05, 4.69) is 65.4 Å². The van der Waals surface area contributed by atoms with Crippen LogP contribution >= 0.6 is 0 Å². The Kier molecular flexibility index (Phi) is 5.16. The van der Waals surface area contributed by atoms with Crippen LogP contribution in [0.3, 0.4) is 0 Å². The first-order valence-corrected chi connectivity index (χ1v) is 9.52. The van der Waals surface area contributed by atoms with Gasteiger partial charge in [-0.2, -0.15) is 4.98 Å². The Labute approximate surface area is 165 Å². The zero-order chi connectivity index (χ0) is 19.3. The molecule has 0 radical (unpaired) electrons. The molecule has 0 unspecified atom stereocenters. The van der Waals surface area contributed by atoms with Crippen molar-refractivity contribution in [3.63, 3.8) is 0 Å². The van der Waals surface area contributed by atoms with Gasteiger partial charge in [0.1, 0.15) is 0 Å². The second-order valence-electron chi connectivity index (χ2n) is 6.83. The van der Waals surface area contributed by atoms with E-state index in [9.17, 15) is 5.11 Å². The van der Waals surface area contributed by atoms with Gasteiger partial charge in [-0.1, -0.05) is 85.8 Å². The zero-order valence-corrected chi connectivity index (χ0v) is 15.8. The number of aryl methyl sites for hydroxylation is 1. The second kappa shape index (κ2) is 8.05. The highest BCUT2D eigenvalue weighted by Gasteiger charge is 2.07. The molecule has 0 spiro atoms. The number of nitrogens with zero attached hydrogens (tertiary/aromatic N) is 2. The minimum absolute atomic E-state index is 0.00325. The average molecular weight is 366 g/mol. The van der Waals surface area contributed by atoms with E-state index in [-0.39, 0.29) is 5.88 Å². The maximum Gasteiger partial charge on any atom is 0.214 e. The van der Waals surface area contributed by atoms with Gasteiger partial charge in [0.15, 0.2) is 5.82 Å². The summed E-state index contributed by atoms with van der Waals surface area (Å²) in [5.41, 5.74) is 6.60. The van der Waals surface area contributed by atoms with Gasteiger partial charge >= 0.3 is 0 Å². The van der Waals surface area contributed by atoms with Gasteiger partial charge in [-0.3, -0.25) is 0 Å². The summed E-state index contributed by atoms with van der Waals surface area (Å²) in [4.78, 5) is 8.79. The van der Waals surface area contributed by atoms with E-state index in [0.717, 1.165) is 23.2 Å². The SMILES string of the molecule is CCc1ccc(-c2ccc(Cc3cc(O)nc(-c4ccccc4)n3)cc2)cc1. The van der Waals surface area contributed by atoms with Gasteiger partial charge in [-0.05, 0) is 28.7 Å². The van der Waals surface area contributed by atoms with Gasteiger partial charge in [0, 0.05) is 18.1 Å². The Morgan fingerprint density at radius 2 is 1.29 bits per heavy atom. The molecule has 3 nitrogen and oxygen atoms in total. The van der Waals surface area contributed by atoms with E-state index in [4.69, 9.17) is 0 Å². The molecule has 3 heteroatoms. The third kappa shape index (κ3) is 4.09. The molecule has 4 rings (SSSR count). The normalized spacial score (nSPS) is 10.8. The monoisotopic (exact) mass is 366 g/mol. The predicted molar refractivity (Wildman–Crippen MR) is 113 cm³/mol. The van der Waals surface area contributed by atoms with Crippen molar-refractivity contribution >= 4 is 0 Å². The molecule has 0 fully saturated rings. The van der Waals surface area contributed by atoms with Crippen LogP contribution in [0, 0.1) is 0 Å². The summed E-state index contributed by atoms with van der Waals surface area (Å²) in [6.07, 6.45) is 1.70. The highest BCUT2D eigenvalue weighted by atomic mass is 16.3. The van der Waals surface area contributed by atoms with Gasteiger partial charge < -0.3 is 5.11 Å². The minimum Gasteiger partial charge on any atom is -0.493 e. The molecule has 28 heavy (non-hydrogen) atoms. The largest absolute Gasteiger partial charge is 0.493 e. The van der Waals surface area contributed by atoms with Gasteiger partial charge in [-0.25, -0.2) is 4.98 Å². The fourth-order valence-corrected chi connectivity index (χ4v) is 3.25. The molecule has 1 aromatic heterocycles. The van der Waals surface area contributed by atoms with E-state index >= 15 is 0 Å². The van der Waals surface area contributed by atoms with Crippen LogP contribution in [0.4, 0.5) is 0 Å². The lowest BCUT2D eigenvalue weighted by Crippen LogP contribution is -1.97. The second-order valence-corrected chi connectivity index (χ2v) is 6.83. The van der Waals surface area contributed by atoms with Gasteiger partial charge in [0.25, 0.3) is 0 Å². The molecule has 1 heterocycles. The van der Waals surface area contributed by atoms with Crippen molar-refractivity contribution in [3.8, 4) is 28.4 Å². The number of hydrogen-bond acceptors (Lipinski definition) is 3. The predicted octanol–water partition coefficient (Wildman–Crippen LogP) is 5.67. The number of hydrogen-bond donors (Lipinski definition) is 1. The molecule has 0 amide bonds. The van der Waals surface area contributed by atoms with Crippen molar-refractivity contribution in [1.29, 1.82) is 0 Å². The van der Waals surface area contributed by atoms with Crippen molar-refractivity contribution in [1.82, 2.24) is 9.97 Å². The Morgan fingerprint density at radius 3 is 1.89 bits per heavy atom. The summed E-state index contributed by atoms with van der Waals surface area (Å²) in [5, 5.41) is 10.0. The average Bonchev–Trinajstić information content (AvgIpc) is 2.75. The first-order chi connectivity index (χ1) is 13.7. The van der Waals surface area contributed by atoms with Crippen molar-refractivity contribution in [3.05, 3.63) is 102 Å². The van der Waals surface area contributed by atoms with E-state index in [1.165, 1.54) is 16.7 Å². The molecule has 0 saturated heterocycles. The molecule has 4 aromatic rings. The maximum atomic E-state index is 10.0. The molecule has 0 saturated carbocycles. The first kappa shape index (κ1) is 17.9. The molecule has 0 bridgehead atoms. The molecule has 0 aliphatic rings. The zero-order valence-electron chi connectivity index (χ0n) is 15.8. The standard InChI is InChI=1S/C25H22N2O/c1-2-18-8-12-20(13-9-18)21-14-10-19(11-15-21)16-23-17-24(28)27-25(26-23)22-6-4-3-5-7-22/h3-15,17H,2,16H2,1H3,(H,26,27,28). The van der Waals surface area contributed by atoms with E-state index < -0.39 is 0 Å². The van der Waals surface area contributed by atoms with Crippen LogP contribution in [0.25, 0.3) is 22.5 Å². The third-order valence-corrected chi connectivity index (χ3v) is 4.83. The number of rotatable bonds is 5. The topological polar surface area (TPSA) is 46.0 Å². The lowest BCUT2D eigenvalue weighted by molar-refractivity contribution is 0.452. The van der Waals surface area contributed by atoms with Crippen molar-refractivity contribution in [2.45, 2.75) is 19.8 Å². The van der Waals surface area contributed by atoms with Crippen LogP contribution in [0.15, 0.2) is 84.9 Å². The third-order valence-electron chi connectivity index (χ3n) is 4.83.